The van der Waals surface area contributed by atoms with Gasteiger partial charge in [0.25, 0.3) is 11.8 Å². The van der Waals surface area contributed by atoms with Crippen molar-refractivity contribution in [1.82, 2.24) is 9.88 Å². The van der Waals surface area contributed by atoms with Crippen LogP contribution in [0.15, 0.2) is 40.2 Å². The van der Waals surface area contributed by atoms with E-state index in [9.17, 15) is 9.59 Å². The molecule has 0 fully saturated rings. The molecule has 3 aromatic rings. The lowest BCUT2D eigenvalue weighted by molar-refractivity contribution is 0.0656. The molecule has 2 amide bonds. The lowest BCUT2D eigenvalue weighted by Gasteiger charge is -2.14. The second kappa shape index (κ2) is 5.95. The van der Waals surface area contributed by atoms with Gasteiger partial charge in [-0.25, -0.2) is 4.98 Å². The van der Waals surface area contributed by atoms with Crippen LogP contribution in [0.25, 0.3) is 10.2 Å². The van der Waals surface area contributed by atoms with Crippen molar-refractivity contribution in [3.63, 3.8) is 0 Å². The lowest BCUT2D eigenvalue weighted by Crippen LogP contribution is -2.31. The maximum atomic E-state index is 12.4. The number of pyridine rings is 1. The summed E-state index contributed by atoms with van der Waals surface area (Å²) in [6.45, 7) is 0.282. The van der Waals surface area contributed by atoms with E-state index in [1.54, 1.807) is 24.3 Å². The molecule has 24 heavy (non-hydrogen) atoms. The second-order valence-electron chi connectivity index (χ2n) is 5.44. The molecule has 120 valence electrons. The van der Waals surface area contributed by atoms with Crippen molar-refractivity contribution in [3.8, 4) is 0 Å². The topological polar surface area (TPSA) is 50.3 Å². The fourth-order valence-electron chi connectivity index (χ4n) is 2.81. The zero-order valence-electron chi connectivity index (χ0n) is 12.3. The molecule has 4 nitrogen and oxygen atoms in total. The molecule has 4 rings (SSSR count). The maximum Gasteiger partial charge on any atom is 0.261 e. The minimum Gasteiger partial charge on any atom is -0.274 e. The minimum absolute atomic E-state index is 0.251. The normalized spacial score (nSPS) is 13.8. The van der Waals surface area contributed by atoms with Crippen LogP contribution in [0.4, 0.5) is 0 Å². The summed E-state index contributed by atoms with van der Waals surface area (Å²) >= 11 is 11.2. The van der Waals surface area contributed by atoms with E-state index in [1.165, 1.54) is 16.2 Å². The smallest absolute Gasteiger partial charge is 0.261 e. The molecule has 0 N–H and O–H groups in total. The maximum absolute atomic E-state index is 12.4. The van der Waals surface area contributed by atoms with Gasteiger partial charge in [-0.15, -0.1) is 11.3 Å². The fourth-order valence-corrected chi connectivity index (χ4v) is 4.55. The number of nitrogens with zero attached hydrogens (tertiary/aromatic N) is 2. The van der Waals surface area contributed by atoms with E-state index < -0.39 is 0 Å². The Bertz CT molecular complexity index is 966. The van der Waals surface area contributed by atoms with Crippen LogP contribution in [0.2, 0.25) is 5.15 Å². The number of halogens is 2. The van der Waals surface area contributed by atoms with Crippen molar-refractivity contribution in [2.24, 2.45) is 0 Å². The number of thiophene rings is 1. The predicted molar refractivity (Wildman–Crippen MR) is 97.8 cm³/mol. The number of carbonyl (C=O) groups excluding carboxylic acids is 2. The van der Waals surface area contributed by atoms with Gasteiger partial charge in [0.2, 0.25) is 0 Å². The molecule has 7 heteroatoms. The van der Waals surface area contributed by atoms with Crippen molar-refractivity contribution in [2.45, 2.75) is 6.42 Å². The van der Waals surface area contributed by atoms with Gasteiger partial charge in [-0.05, 0) is 52.2 Å². The van der Waals surface area contributed by atoms with E-state index >= 15 is 0 Å². The highest BCUT2D eigenvalue weighted by Gasteiger charge is 2.34. The van der Waals surface area contributed by atoms with Gasteiger partial charge >= 0.3 is 0 Å². The standard InChI is InChI=1S/C17H10BrClN2O2S/c18-13-8-10-7-9(14(19)20-15(10)24-13)5-6-21-16(22)11-3-1-2-4-12(11)17(21)23/h1-4,7-8H,5-6H2. The first-order valence-electron chi connectivity index (χ1n) is 7.24. The average Bonchev–Trinajstić information content (AvgIpc) is 3.03. The van der Waals surface area contributed by atoms with Crippen LogP contribution in [0.5, 0.6) is 0 Å². The van der Waals surface area contributed by atoms with E-state index in [2.05, 4.69) is 20.9 Å². The summed E-state index contributed by atoms with van der Waals surface area (Å²) in [6, 6.07) is 10.8. The molecular weight excluding hydrogens is 412 g/mol. The van der Waals surface area contributed by atoms with Crippen LogP contribution in [0.3, 0.4) is 0 Å². The van der Waals surface area contributed by atoms with E-state index in [-0.39, 0.29) is 18.4 Å². The highest BCUT2D eigenvalue weighted by atomic mass is 79.9. The molecule has 1 aliphatic heterocycles. The minimum atomic E-state index is -0.251. The van der Waals surface area contributed by atoms with Crippen LogP contribution < -0.4 is 0 Å². The molecule has 0 saturated heterocycles. The van der Waals surface area contributed by atoms with Crippen molar-refractivity contribution in [2.75, 3.05) is 6.54 Å². The molecule has 0 aliphatic carbocycles. The monoisotopic (exact) mass is 420 g/mol. The fraction of sp³-hybridized carbons (Fsp3) is 0.118. The number of carbonyl (C=O) groups is 2. The first kappa shape index (κ1) is 15.7. The Morgan fingerprint density at radius 1 is 1.12 bits per heavy atom. The number of hydrogen-bond donors (Lipinski definition) is 0. The Morgan fingerprint density at radius 2 is 1.79 bits per heavy atom. The molecule has 0 saturated carbocycles. The van der Waals surface area contributed by atoms with E-state index in [0.29, 0.717) is 22.7 Å². The van der Waals surface area contributed by atoms with Gasteiger partial charge < -0.3 is 0 Å². The molecule has 0 spiro atoms. The summed E-state index contributed by atoms with van der Waals surface area (Å²) in [5.41, 5.74) is 1.75. The quantitative estimate of drug-likeness (QED) is 0.460. The van der Waals surface area contributed by atoms with Crippen molar-refractivity contribution >= 4 is 60.9 Å². The van der Waals surface area contributed by atoms with Gasteiger partial charge in [0.15, 0.2) is 0 Å². The predicted octanol–water partition coefficient (Wildman–Crippen LogP) is 4.55. The van der Waals surface area contributed by atoms with Gasteiger partial charge in [-0.1, -0.05) is 23.7 Å². The molecule has 1 aliphatic rings. The summed E-state index contributed by atoms with van der Waals surface area (Å²) in [6.07, 6.45) is 0.473. The number of benzene rings is 1. The van der Waals surface area contributed by atoms with E-state index in [4.69, 9.17) is 11.6 Å². The Balaban J connectivity index is 1.59. The number of hydrogen-bond acceptors (Lipinski definition) is 4. The molecule has 0 radical (unpaired) electrons. The molecule has 0 atom stereocenters. The van der Waals surface area contributed by atoms with Crippen molar-refractivity contribution in [3.05, 3.63) is 62.0 Å². The Labute approximate surface area is 155 Å². The Morgan fingerprint density at radius 3 is 2.46 bits per heavy atom. The third kappa shape index (κ3) is 2.55. The molecule has 1 aromatic carbocycles. The number of aromatic nitrogens is 1. The Hall–Kier alpha value is -1.76. The highest BCUT2D eigenvalue weighted by molar-refractivity contribution is 9.11. The summed E-state index contributed by atoms with van der Waals surface area (Å²) in [4.78, 5) is 31.3. The van der Waals surface area contributed by atoms with E-state index in [1.807, 2.05) is 12.1 Å². The second-order valence-corrected chi connectivity index (χ2v) is 8.21. The van der Waals surface area contributed by atoms with Crippen molar-refractivity contribution in [1.29, 1.82) is 0 Å². The zero-order valence-corrected chi connectivity index (χ0v) is 15.4. The van der Waals surface area contributed by atoms with Gasteiger partial charge in [-0.3, -0.25) is 14.5 Å². The third-order valence-corrected chi connectivity index (χ3v) is 5.86. The van der Waals surface area contributed by atoms with Crippen molar-refractivity contribution < 1.29 is 9.59 Å². The van der Waals surface area contributed by atoms with Crippen LogP contribution >= 0.6 is 38.9 Å². The molecule has 3 heterocycles. The van der Waals surface area contributed by atoms with Crippen LogP contribution in [0.1, 0.15) is 26.3 Å². The van der Waals surface area contributed by atoms with E-state index in [0.717, 1.165) is 19.6 Å². The number of imide groups is 1. The molecular formula is C17H10BrClN2O2S. The molecule has 0 unspecified atom stereocenters. The summed E-state index contributed by atoms with van der Waals surface area (Å²) in [5.74, 6) is -0.502. The summed E-state index contributed by atoms with van der Waals surface area (Å²) in [5, 5.41) is 1.40. The summed E-state index contributed by atoms with van der Waals surface area (Å²) < 4.78 is 0.985. The van der Waals surface area contributed by atoms with Gasteiger partial charge in [0, 0.05) is 11.9 Å². The SMILES string of the molecule is O=C1c2ccccc2C(=O)N1CCc1cc2cc(Br)sc2nc1Cl. The van der Waals surface area contributed by atoms with Gasteiger partial charge in [-0.2, -0.15) is 0 Å². The largest absolute Gasteiger partial charge is 0.274 e. The molecule has 2 aromatic heterocycles. The zero-order chi connectivity index (χ0) is 16.8. The van der Waals surface area contributed by atoms with Crippen LogP contribution in [-0.4, -0.2) is 28.2 Å². The molecule has 0 bridgehead atoms. The van der Waals surface area contributed by atoms with Crippen LogP contribution in [0, 0.1) is 0 Å². The summed E-state index contributed by atoms with van der Waals surface area (Å²) in [7, 11) is 0. The first-order chi connectivity index (χ1) is 11.5. The highest BCUT2D eigenvalue weighted by Crippen LogP contribution is 2.31. The number of rotatable bonds is 3. The number of amides is 2. The van der Waals surface area contributed by atoms with Gasteiger partial charge in [0.05, 0.1) is 14.9 Å². The average molecular weight is 422 g/mol. The number of fused-ring (bicyclic) bond motifs is 2. The first-order valence-corrected chi connectivity index (χ1v) is 9.23. The van der Waals surface area contributed by atoms with Crippen LogP contribution in [-0.2, 0) is 6.42 Å². The Kier molecular flexibility index (Phi) is 3.90. The third-order valence-electron chi connectivity index (χ3n) is 3.99. The van der Waals surface area contributed by atoms with Gasteiger partial charge in [0.1, 0.15) is 9.98 Å². The lowest BCUT2D eigenvalue weighted by atomic mass is 10.1.